The van der Waals surface area contributed by atoms with Gasteiger partial charge in [0.1, 0.15) is 0 Å². The van der Waals surface area contributed by atoms with Crippen LogP contribution in [0.5, 0.6) is 0 Å². The molecule has 0 amide bonds. The first kappa shape index (κ1) is 86.5. The minimum atomic E-state index is 0. The molecule has 10 heteroatoms. The van der Waals surface area contributed by atoms with Crippen LogP contribution in [0.2, 0.25) is 0 Å². The van der Waals surface area contributed by atoms with E-state index in [4.69, 9.17) is 69.7 Å². The molecule has 0 heterocycles. The van der Waals surface area contributed by atoms with E-state index in [-0.39, 0.29) is 76.2 Å². The summed E-state index contributed by atoms with van der Waals surface area (Å²) in [5.41, 5.74) is 5.75. The fourth-order valence-electron chi connectivity index (χ4n) is 0. The molecule has 65 valence electrons. The third-order valence-corrected chi connectivity index (χ3v) is 0. The van der Waals surface area contributed by atoms with Gasteiger partial charge in [0.15, 0.2) is 32.9 Å². The number of hydrogen-bond acceptors (Lipinski definition) is 6. The fourth-order valence-corrected chi connectivity index (χ4v) is 0. The standard InChI is InChI=1S/5CN.Fe.NO.2Na/c5*1-2;;1-2;;/q;;;;;;-1;2*+1. The van der Waals surface area contributed by atoms with E-state index in [1.165, 1.54) is 0 Å². The summed E-state index contributed by atoms with van der Waals surface area (Å²) < 4.78 is 0. The van der Waals surface area contributed by atoms with Crippen LogP contribution in [-0.2, 0) is 17.1 Å². The molecule has 5 radical (unpaired) electrons. The van der Waals surface area contributed by atoms with E-state index in [0.29, 0.717) is 0 Å². The smallest absolute Gasteiger partial charge is 0.577 e. The van der Waals surface area contributed by atoms with Gasteiger partial charge in [-0.1, -0.05) is 0 Å². The molecule has 7 nitrogen and oxygen atoms in total. The van der Waals surface area contributed by atoms with Gasteiger partial charge in [-0.25, -0.2) is 0 Å². The van der Waals surface area contributed by atoms with Crippen LogP contribution in [0, 0.1) is 64.1 Å². The molecular formula is C5FeN6Na2O+. The molecule has 0 aliphatic carbocycles. The number of rotatable bonds is 0. The average molecular weight is 262 g/mol. The van der Waals surface area contributed by atoms with Gasteiger partial charge in [-0.15, -0.1) is 0 Å². The van der Waals surface area contributed by atoms with Crippen molar-refractivity contribution in [2.45, 2.75) is 0 Å². The van der Waals surface area contributed by atoms with Crippen molar-refractivity contribution in [3.05, 3.63) is 43.4 Å². The Hall–Kier alpha value is -0.431. The topological polar surface area (TPSA) is 158 Å². The Morgan fingerprint density at radius 3 is 0.533 bits per heavy atom. The van der Waals surface area contributed by atoms with E-state index in [0.717, 1.165) is 0 Å². The van der Waals surface area contributed by atoms with Gasteiger partial charge in [0.05, 0.1) is 0 Å². The second-order valence-corrected chi connectivity index (χ2v) is 0. The minimum Gasteiger partial charge on any atom is -0.577 e. The summed E-state index contributed by atoms with van der Waals surface area (Å²) in [7, 11) is 0. The van der Waals surface area contributed by atoms with Crippen molar-refractivity contribution >= 4 is 0 Å². The summed E-state index contributed by atoms with van der Waals surface area (Å²) in [5, 5.41) is 31.2. The van der Waals surface area contributed by atoms with Gasteiger partial charge in [0, 0.05) is 17.1 Å². The molecule has 0 aromatic carbocycles. The first-order chi connectivity index (χ1) is 6.00. The van der Waals surface area contributed by atoms with Crippen LogP contribution in [0.1, 0.15) is 0 Å². The normalized spacial score (nSPS) is 0.933. The van der Waals surface area contributed by atoms with E-state index in [2.05, 4.69) is 0 Å². The Morgan fingerprint density at radius 1 is 0.533 bits per heavy atom. The van der Waals surface area contributed by atoms with Crippen molar-refractivity contribution in [2.24, 2.45) is 0 Å². The van der Waals surface area contributed by atoms with Gasteiger partial charge < -0.3 is 10.5 Å². The summed E-state index contributed by atoms with van der Waals surface area (Å²) in [4.78, 5) is 7.25. The van der Waals surface area contributed by atoms with Gasteiger partial charge in [-0.05, 0) is 0 Å². The Bertz CT molecular complexity index is 98.9. The van der Waals surface area contributed by atoms with Crippen LogP contribution in [0.3, 0.4) is 0 Å². The Labute approximate surface area is 144 Å². The maximum absolute atomic E-state index is 7.25. The fraction of sp³-hybridized carbons (Fsp3) is 0. The maximum atomic E-state index is 7.25. The Balaban J connectivity index is -0.00000000396. The first-order valence-corrected chi connectivity index (χ1v) is 1.30. The predicted molar refractivity (Wildman–Crippen MR) is 31.6 cm³/mol. The molecular weight excluding hydrogens is 262 g/mol. The van der Waals surface area contributed by atoms with Gasteiger partial charge in [-0.3, -0.25) is 0 Å². The molecule has 0 saturated carbocycles. The molecule has 0 N–H and O–H groups in total. The Morgan fingerprint density at radius 2 is 0.533 bits per heavy atom. The van der Waals surface area contributed by atoms with Crippen LogP contribution in [0.25, 0.3) is 5.59 Å². The largest absolute Gasteiger partial charge is 1.00 e. The first-order valence-electron chi connectivity index (χ1n) is 1.30. The third kappa shape index (κ3) is 9800. The summed E-state index contributed by atoms with van der Waals surface area (Å²) in [6.45, 7) is 23.8. The second-order valence-electron chi connectivity index (χ2n) is 0. The van der Waals surface area contributed by atoms with Gasteiger partial charge >= 0.3 is 59.1 Å². The van der Waals surface area contributed by atoms with Crippen LogP contribution < -0.4 is 59.1 Å². The van der Waals surface area contributed by atoms with Crippen LogP contribution in [0.15, 0.2) is 0 Å². The van der Waals surface area contributed by atoms with Crippen molar-refractivity contribution in [3.8, 4) is 0 Å². The maximum Gasteiger partial charge on any atom is 1.00 e. The zero-order chi connectivity index (χ0) is 12.0. The molecule has 15 heavy (non-hydrogen) atoms. The molecule has 0 aliphatic rings. The van der Waals surface area contributed by atoms with Crippen molar-refractivity contribution < 1.29 is 76.2 Å². The Kier molecular flexibility index (Phi) is 66700. The van der Waals surface area contributed by atoms with E-state index in [9.17, 15) is 0 Å². The quantitative estimate of drug-likeness (QED) is 0.396. The second kappa shape index (κ2) is 11600. The van der Waals surface area contributed by atoms with E-state index in [1.54, 1.807) is 0 Å². The number of nitroso groups, excluding NO2 is 1. The SMILES string of the molecule is [C]#N.[C]#N.[C]#N.[C]#N.[C]#N.[Fe].[N-]=O.[Na+].[Na+]. The van der Waals surface area contributed by atoms with Crippen molar-refractivity contribution in [1.82, 2.24) is 0 Å². The van der Waals surface area contributed by atoms with Gasteiger partial charge in [0.2, 0.25) is 0 Å². The summed E-state index contributed by atoms with van der Waals surface area (Å²) in [6.07, 6.45) is 0. The van der Waals surface area contributed by atoms with Crippen molar-refractivity contribution in [1.29, 1.82) is 26.3 Å². The molecule has 0 bridgehead atoms. The molecule has 0 spiro atoms. The molecule has 0 atom stereocenters. The van der Waals surface area contributed by atoms with Crippen molar-refractivity contribution in [3.63, 3.8) is 0 Å². The van der Waals surface area contributed by atoms with Crippen LogP contribution >= 0.6 is 0 Å². The van der Waals surface area contributed by atoms with Gasteiger partial charge in [-0.2, -0.15) is 26.3 Å². The molecule has 0 aromatic rings. The zero-order valence-corrected chi connectivity index (χ0v) is 13.0. The van der Waals surface area contributed by atoms with E-state index in [1.807, 2.05) is 0 Å². The third-order valence-electron chi connectivity index (χ3n) is 0. The summed E-state index contributed by atoms with van der Waals surface area (Å²) in [5.74, 6) is 0. The number of nitrogens with zero attached hydrogens (tertiary/aromatic N) is 6. The van der Waals surface area contributed by atoms with E-state index < -0.39 is 0 Å². The molecule has 0 aromatic heterocycles. The van der Waals surface area contributed by atoms with Gasteiger partial charge in [0.25, 0.3) is 0 Å². The molecule has 0 unspecified atom stereocenters. The molecule has 0 saturated heterocycles. The number of hydrogen-bond donors (Lipinski definition) is 0. The van der Waals surface area contributed by atoms with Crippen LogP contribution in [-0.4, -0.2) is 0 Å². The monoisotopic (exact) mass is 262 g/mol. The molecule has 0 aliphatic heterocycles. The summed E-state index contributed by atoms with van der Waals surface area (Å²) in [6, 6.07) is 0. The minimum absolute atomic E-state index is 0. The van der Waals surface area contributed by atoms with E-state index >= 15 is 0 Å². The molecule has 0 fully saturated rings. The predicted octanol–water partition coefficient (Wildman–Crippen LogP) is -5.19. The summed E-state index contributed by atoms with van der Waals surface area (Å²) >= 11 is 0. The zero-order valence-electron chi connectivity index (χ0n) is 7.95. The van der Waals surface area contributed by atoms with Crippen molar-refractivity contribution in [2.75, 3.05) is 0 Å². The van der Waals surface area contributed by atoms with Crippen LogP contribution in [0.4, 0.5) is 0 Å². The molecule has 0 rings (SSSR count). The average Bonchev–Trinajstić information content (AvgIpc) is 2.33.